The summed E-state index contributed by atoms with van der Waals surface area (Å²) in [6.45, 7) is -0.650. The van der Waals surface area contributed by atoms with Crippen molar-refractivity contribution in [3.05, 3.63) is 35.9 Å². The number of thioether (sulfide) groups is 1. The lowest BCUT2D eigenvalue weighted by atomic mass is 10.0. The molecule has 158 valence electrons. The Balaban J connectivity index is 2.19. The molecule has 2 rings (SSSR count). The van der Waals surface area contributed by atoms with Crippen molar-refractivity contribution < 1.29 is 47.5 Å². The minimum Gasteiger partial charge on any atom is -0.394 e. The van der Waals surface area contributed by atoms with Gasteiger partial charge >= 0.3 is 10.4 Å². The molecule has 28 heavy (non-hydrogen) atoms. The Morgan fingerprint density at radius 1 is 1.18 bits per heavy atom. The fourth-order valence-corrected chi connectivity index (χ4v) is 3.79. The lowest BCUT2D eigenvalue weighted by molar-refractivity contribution is -0.205. The van der Waals surface area contributed by atoms with Gasteiger partial charge in [0.05, 0.1) is 12.7 Å². The van der Waals surface area contributed by atoms with Crippen LogP contribution < -0.4 is 0 Å². The van der Waals surface area contributed by atoms with Gasteiger partial charge in [0, 0.05) is 6.42 Å². The number of nitrogens with zero attached hydrogens (tertiary/aromatic N) is 1. The summed E-state index contributed by atoms with van der Waals surface area (Å²) in [5.74, 6) is 0. The molecule has 6 N–H and O–H groups in total. The van der Waals surface area contributed by atoms with Crippen LogP contribution in [0.3, 0.4) is 0 Å². The van der Waals surface area contributed by atoms with Gasteiger partial charge in [0.25, 0.3) is 0 Å². The molecule has 11 nitrogen and oxygen atoms in total. The third kappa shape index (κ3) is 6.37. The monoisotopic (exact) mass is 439 g/mol. The first-order valence-corrected chi connectivity index (χ1v) is 10.3. The SMILES string of the molecule is O=S(=O)(O)O/N=C(\C[C@H](O)c1ccccc1)S[C@H]1O[C@H](CO)[C@H](O)[C@H](O)[C@H]1O. The highest BCUT2D eigenvalue weighted by Crippen LogP contribution is 2.32. The molecule has 13 heteroatoms. The van der Waals surface area contributed by atoms with Crippen molar-refractivity contribution in [2.45, 2.75) is 42.4 Å². The second-order valence-electron chi connectivity index (χ2n) is 5.93. The molecule has 1 saturated heterocycles. The van der Waals surface area contributed by atoms with Crippen LogP contribution >= 0.6 is 11.8 Å². The first-order valence-electron chi connectivity index (χ1n) is 8.05. The molecule has 1 heterocycles. The summed E-state index contributed by atoms with van der Waals surface area (Å²) in [5.41, 5.74) is -0.793. The largest absolute Gasteiger partial charge is 0.466 e. The van der Waals surface area contributed by atoms with E-state index in [1.165, 1.54) is 0 Å². The Labute approximate surface area is 165 Å². The van der Waals surface area contributed by atoms with Crippen LogP contribution in [0.5, 0.6) is 0 Å². The van der Waals surface area contributed by atoms with Gasteiger partial charge in [-0.05, 0) is 5.56 Å². The van der Waals surface area contributed by atoms with Crippen molar-refractivity contribution in [2.75, 3.05) is 6.61 Å². The molecule has 0 aliphatic carbocycles. The fraction of sp³-hybridized carbons (Fsp3) is 0.533. The highest BCUT2D eigenvalue weighted by atomic mass is 32.3. The number of oxime groups is 1. The van der Waals surface area contributed by atoms with Crippen molar-refractivity contribution in [2.24, 2.45) is 5.16 Å². The Kier molecular flexibility index (Phi) is 8.18. The van der Waals surface area contributed by atoms with Crippen molar-refractivity contribution in [3.8, 4) is 0 Å². The van der Waals surface area contributed by atoms with Gasteiger partial charge in [-0.15, -0.1) is 0 Å². The maximum Gasteiger partial charge on any atom is 0.466 e. The van der Waals surface area contributed by atoms with Gasteiger partial charge in [0.2, 0.25) is 0 Å². The molecule has 0 unspecified atom stereocenters. The van der Waals surface area contributed by atoms with Gasteiger partial charge in [-0.25, -0.2) is 4.28 Å². The predicted octanol–water partition coefficient (Wildman–Crippen LogP) is -1.22. The number of aliphatic hydroxyl groups is 5. The number of benzene rings is 1. The Bertz CT molecular complexity index is 757. The van der Waals surface area contributed by atoms with E-state index in [9.17, 15) is 34.0 Å². The zero-order chi connectivity index (χ0) is 20.9. The highest BCUT2D eigenvalue weighted by Gasteiger charge is 2.44. The normalized spacial score (nSPS) is 30.1. The summed E-state index contributed by atoms with van der Waals surface area (Å²) >= 11 is 0.597. The van der Waals surface area contributed by atoms with E-state index in [1.54, 1.807) is 30.3 Å². The minimum absolute atomic E-state index is 0.196. The summed E-state index contributed by atoms with van der Waals surface area (Å²) in [6, 6.07) is 8.31. The van der Waals surface area contributed by atoms with Gasteiger partial charge in [-0.2, -0.15) is 8.42 Å². The molecule has 1 aromatic rings. The lowest BCUT2D eigenvalue weighted by Crippen LogP contribution is -2.57. The summed E-state index contributed by atoms with van der Waals surface area (Å²) < 4.78 is 39.6. The second kappa shape index (κ2) is 9.96. The average molecular weight is 439 g/mol. The Morgan fingerprint density at radius 2 is 1.82 bits per heavy atom. The number of hydrogen-bond acceptors (Lipinski definition) is 11. The minimum atomic E-state index is -4.92. The summed E-state index contributed by atoms with van der Waals surface area (Å²) in [5, 5.41) is 52.3. The van der Waals surface area contributed by atoms with Crippen molar-refractivity contribution in [1.82, 2.24) is 0 Å². The molecular weight excluding hydrogens is 418 g/mol. The van der Waals surface area contributed by atoms with Crippen LogP contribution in [0.1, 0.15) is 18.1 Å². The number of ether oxygens (including phenoxy) is 1. The van der Waals surface area contributed by atoms with Gasteiger partial charge in [0.1, 0.15) is 34.9 Å². The van der Waals surface area contributed by atoms with E-state index in [0.717, 1.165) is 0 Å². The molecular formula is C15H21NO10S2. The van der Waals surface area contributed by atoms with E-state index in [1.807, 2.05) is 0 Å². The Morgan fingerprint density at radius 3 is 2.39 bits per heavy atom. The van der Waals surface area contributed by atoms with Crippen LogP contribution in [0, 0.1) is 0 Å². The average Bonchev–Trinajstić information content (AvgIpc) is 2.66. The zero-order valence-corrected chi connectivity index (χ0v) is 16.0. The summed E-state index contributed by atoms with van der Waals surface area (Å²) in [7, 11) is -4.92. The van der Waals surface area contributed by atoms with E-state index < -0.39 is 53.0 Å². The second-order valence-corrected chi connectivity index (χ2v) is 8.11. The summed E-state index contributed by atoms with van der Waals surface area (Å²) in [4.78, 5) is 0. The van der Waals surface area contributed by atoms with Crippen molar-refractivity contribution in [3.63, 3.8) is 0 Å². The van der Waals surface area contributed by atoms with Crippen molar-refractivity contribution >= 4 is 27.2 Å². The molecule has 0 bridgehead atoms. The maximum absolute atomic E-state index is 10.8. The van der Waals surface area contributed by atoms with Gasteiger partial charge in [-0.3, -0.25) is 4.55 Å². The molecule has 0 aromatic heterocycles. The third-order valence-electron chi connectivity index (χ3n) is 3.89. The van der Waals surface area contributed by atoms with E-state index in [-0.39, 0.29) is 11.5 Å². The molecule has 1 aromatic carbocycles. The number of rotatable bonds is 7. The molecule has 0 saturated carbocycles. The first-order chi connectivity index (χ1) is 13.1. The van der Waals surface area contributed by atoms with Crippen LogP contribution in [0.25, 0.3) is 0 Å². The number of hydrogen-bond donors (Lipinski definition) is 6. The zero-order valence-electron chi connectivity index (χ0n) is 14.3. The smallest absolute Gasteiger partial charge is 0.394 e. The predicted molar refractivity (Wildman–Crippen MR) is 97.4 cm³/mol. The van der Waals surface area contributed by atoms with Crippen molar-refractivity contribution in [1.29, 1.82) is 0 Å². The number of aliphatic hydroxyl groups excluding tert-OH is 5. The standard InChI is InChI=1S/C15H21NO10S2/c17-7-10-12(19)13(20)14(21)15(25-10)27-11(16-26-28(22,23)24)6-9(18)8-4-2-1-3-5-8/h1-5,9-10,12-15,17-21H,6-7H2,(H,22,23,24)/b16-11+/t9-,10+,12-,13-,14+,15+/m0/s1. The maximum atomic E-state index is 10.8. The van der Waals surface area contributed by atoms with Crippen LogP contribution in [-0.4, -0.2) is 80.0 Å². The quantitative estimate of drug-likeness (QED) is 0.129. The molecule has 1 aliphatic heterocycles. The Hall–Kier alpha value is -1.29. The third-order valence-corrected chi connectivity index (χ3v) is 5.28. The topological polar surface area (TPSA) is 186 Å². The fourth-order valence-electron chi connectivity index (χ4n) is 2.45. The van der Waals surface area contributed by atoms with E-state index in [4.69, 9.17) is 9.29 Å². The molecule has 0 spiro atoms. The molecule has 0 amide bonds. The van der Waals surface area contributed by atoms with Gasteiger partial charge in [0.15, 0.2) is 0 Å². The van der Waals surface area contributed by atoms with Crippen LogP contribution in [0.2, 0.25) is 0 Å². The summed E-state index contributed by atoms with van der Waals surface area (Å²) in [6.07, 6.45) is -7.43. The lowest BCUT2D eigenvalue weighted by Gasteiger charge is -2.39. The van der Waals surface area contributed by atoms with E-state index in [0.29, 0.717) is 17.3 Å². The van der Waals surface area contributed by atoms with E-state index in [2.05, 4.69) is 9.44 Å². The van der Waals surface area contributed by atoms with Crippen LogP contribution in [0.4, 0.5) is 0 Å². The molecule has 0 radical (unpaired) electrons. The first kappa shape index (κ1) is 23.0. The highest BCUT2D eigenvalue weighted by molar-refractivity contribution is 8.14. The van der Waals surface area contributed by atoms with Crippen LogP contribution in [-0.2, 0) is 19.4 Å². The van der Waals surface area contributed by atoms with Gasteiger partial charge < -0.3 is 30.3 Å². The van der Waals surface area contributed by atoms with Crippen LogP contribution in [0.15, 0.2) is 35.5 Å². The van der Waals surface area contributed by atoms with E-state index >= 15 is 0 Å². The van der Waals surface area contributed by atoms with Gasteiger partial charge in [-0.1, -0.05) is 47.2 Å². The molecule has 1 aliphatic rings. The molecule has 1 fully saturated rings. The molecule has 6 atom stereocenters.